The standard InChI is InChI=1S/C16H15BrClNO2/c1-2-21-16(20)15(19-12-6-4-3-5-7-12)11-8-9-13(17)14(18)10-11/h3-10,15,19H,2H2,1H3. The molecule has 0 saturated carbocycles. The van der Waals surface area contributed by atoms with E-state index >= 15 is 0 Å². The molecule has 5 heteroatoms. The van der Waals surface area contributed by atoms with Gasteiger partial charge in [-0.2, -0.15) is 0 Å². The average Bonchev–Trinajstić information content (AvgIpc) is 2.49. The maximum atomic E-state index is 12.2. The van der Waals surface area contributed by atoms with Gasteiger partial charge in [0.15, 0.2) is 6.04 Å². The van der Waals surface area contributed by atoms with Crippen LogP contribution < -0.4 is 5.32 Å². The van der Waals surface area contributed by atoms with Gasteiger partial charge < -0.3 is 10.1 Å². The third kappa shape index (κ3) is 4.22. The number of carbonyl (C=O) groups is 1. The Labute approximate surface area is 137 Å². The van der Waals surface area contributed by atoms with Crippen molar-refractivity contribution in [2.75, 3.05) is 11.9 Å². The van der Waals surface area contributed by atoms with E-state index in [0.29, 0.717) is 11.6 Å². The second-order valence-corrected chi connectivity index (χ2v) is 5.63. The van der Waals surface area contributed by atoms with E-state index in [-0.39, 0.29) is 5.97 Å². The number of carbonyl (C=O) groups excluding carboxylic acids is 1. The molecule has 0 spiro atoms. The fraction of sp³-hybridized carbons (Fsp3) is 0.188. The largest absolute Gasteiger partial charge is 0.464 e. The van der Waals surface area contributed by atoms with E-state index in [2.05, 4.69) is 21.2 Å². The second-order valence-electron chi connectivity index (χ2n) is 4.37. The number of esters is 1. The summed E-state index contributed by atoms with van der Waals surface area (Å²) in [5.74, 6) is -0.334. The molecule has 21 heavy (non-hydrogen) atoms. The van der Waals surface area contributed by atoms with Crippen LogP contribution in [0.25, 0.3) is 0 Å². The number of ether oxygens (including phenoxy) is 1. The zero-order chi connectivity index (χ0) is 15.2. The molecule has 0 radical (unpaired) electrons. The summed E-state index contributed by atoms with van der Waals surface area (Å²) in [6, 6.07) is 14.3. The fourth-order valence-corrected chi connectivity index (χ4v) is 2.33. The Morgan fingerprint density at radius 1 is 1.29 bits per heavy atom. The smallest absolute Gasteiger partial charge is 0.333 e. The van der Waals surface area contributed by atoms with Gasteiger partial charge in [0.25, 0.3) is 0 Å². The first-order valence-corrected chi connectivity index (χ1v) is 7.72. The van der Waals surface area contributed by atoms with E-state index < -0.39 is 6.04 Å². The van der Waals surface area contributed by atoms with Crippen LogP contribution in [0.15, 0.2) is 53.0 Å². The van der Waals surface area contributed by atoms with Gasteiger partial charge in [0.05, 0.1) is 11.6 Å². The van der Waals surface area contributed by atoms with Gasteiger partial charge in [-0.3, -0.25) is 0 Å². The molecule has 0 saturated heterocycles. The quantitative estimate of drug-likeness (QED) is 0.769. The van der Waals surface area contributed by atoms with E-state index in [1.165, 1.54) is 0 Å². The number of para-hydroxylation sites is 1. The average molecular weight is 369 g/mol. The van der Waals surface area contributed by atoms with Gasteiger partial charge in [-0.15, -0.1) is 0 Å². The van der Waals surface area contributed by atoms with Crippen LogP contribution in [-0.4, -0.2) is 12.6 Å². The van der Waals surface area contributed by atoms with E-state index in [1.54, 1.807) is 13.0 Å². The first kappa shape index (κ1) is 15.9. The van der Waals surface area contributed by atoms with Crippen LogP contribution in [0, 0.1) is 0 Å². The summed E-state index contributed by atoms with van der Waals surface area (Å²) in [4.78, 5) is 12.2. The van der Waals surface area contributed by atoms with Crippen molar-refractivity contribution < 1.29 is 9.53 Å². The highest BCUT2D eigenvalue weighted by Crippen LogP contribution is 2.28. The normalized spacial score (nSPS) is 11.8. The van der Waals surface area contributed by atoms with Crippen molar-refractivity contribution in [1.82, 2.24) is 0 Å². The van der Waals surface area contributed by atoms with E-state index in [9.17, 15) is 4.79 Å². The Balaban J connectivity index is 2.31. The maximum absolute atomic E-state index is 12.2. The minimum absolute atomic E-state index is 0.329. The van der Waals surface area contributed by atoms with Crippen molar-refractivity contribution >= 4 is 39.2 Å². The van der Waals surface area contributed by atoms with Crippen LogP contribution in [-0.2, 0) is 9.53 Å². The number of anilines is 1. The molecule has 1 N–H and O–H groups in total. The van der Waals surface area contributed by atoms with Gasteiger partial charge in [0, 0.05) is 10.2 Å². The SMILES string of the molecule is CCOC(=O)C(Nc1ccccc1)c1ccc(Br)c(Cl)c1. The topological polar surface area (TPSA) is 38.3 Å². The molecule has 110 valence electrons. The molecule has 0 aromatic heterocycles. The molecule has 0 bridgehead atoms. The zero-order valence-corrected chi connectivity index (χ0v) is 13.8. The molecule has 0 aliphatic carbocycles. The Morgan fingerprint density at radius 2 is 2.00 bits per heavy atom. The van der Waals surface area contributed by atoms with Crippen molar-refractivity contribution in [3.63, 3.8) is 0 Å². The lowest BCUT2D eigenvalue weighted by molar-refractivity contribution is -0.144. The minimum Gasteiger partial charge on any atom is -0.464 e. The van der Waals surface area contributed by atoms with Crippen LogP contribution in [0.5, 0.6) is 0 Å². The lowest BCUT2D eigenvalue weighted by Crippen LogP contribution is -2.23. The van der Waals surface area contributed by atoms with Gasteiger partial charge in [-0.1, -0.05) is 35.9 Å². The first-order valence-electron chi connectivity index (χ1n) is 6.55. The molecule has 1 atom stereocenters. The van der Waals surface area contributed by atoms with Crippen molar-refractivity contribution in [3.8, 4) is 0 Å². The Morgan fingerprint density at radius 3 is 2.62 bits per heavy atom. The molecule has 2 aromatic carbocycles. The van der Waals surface area contributed by atoms with Crippen molar-refractivity contribution in [1.29, 1.82) is 0 Å². The minimum atomic E-state index is -0.599. The van der Waals surface area contributed by atoms with Crippen LogP contribution in [0.2, 0.25) is 5.02 Å². The maximum Gasteiger partial charge on any atom is 0.333 e. The molecular formula is C16H15BrClNO2. The Hall–Kier alpha value is -1.52. The molecule has 2 aromatic rings. The lowest BCUT2D eigenvalue weighted by atomic mass is 10.1. The highest BCUT2D eigenvalue weighted by molar-refractivity contribution is 9.10. The first-order chi connectivity index (χ1) is 10.1. The van der Waals surface area contributed by atoms with Gasteiger partial charge in [-0.05, 0) is 52.7 Å². The van der Waals surface area contributed by atoms with E-state index in [1.807, 2.05) is 42.5 Å². The summed E-state index contributed by atoms with van der Waals surface area (Å²) in [5.41, 5.74) is 1.60. The summed E-state index contributed by atoms with van der Waals surface area (Å²) >= 11 is 9.46. The second kappa shape index (κ2) is 7.48. The van der Waals surface area contributed by atoms with Crippen LogP contribution in [0.1, 0.15) is 18.5 Å². The summed E-state index contributed by atoms with van der Waals surface area (Å²) in [7, 11) is 0. The molecule has 0 amide bonds. The van der Waals surface area contributed by atoms with Gasteiger partial charge in [0.1, 0.15) is 0 Å². The molecule has 3 nitrogen and oxygen atoms in total. The summed E-state index contributed by atoms with van der Waals surface area (Å²) in [6.45, 7) is 2.11. The monoisotopic (exact) mass is 367 g/mol. The summed E-state index contributed by atoms with van der Waals surface area (Å²) in [5, 5.41) is 3.73. The number of rotatable bonds is 5. The van der Waals surface area contributed by atoms with Crippen molar-refractivity contribution in [2.24, 2.45) is 0 Å². The number of hydrogen-bond acceptors (Lipinski definition) is 3. The van der Waals surface area contributed by atoms with Crippen LogP contribution in [0.3, 0.4) is 0 Å². The number of halogens is 2. The van der Waals surface area contributed by atoms with Crippen molar-refractivity contribution in [2.45, 2.75) is 13.0 Å². The third-order valence-corrected chi connectivity index (χ3v) is 4.12. The summed E-state index contributed by atoms with van der Waals surface area (Å²) in [6.07, 6.45) is 0. The molecule has 0 fully saturated rings. The molecule has 1 unspecified atom stereocenters. The molecule has 2 rings (SSSR count). The predicted octanol–water partition coefficient (Wildman–Crippen LogP) is 4.82. The zero-order valence-electron chi connectivity index (χ0n) is 11.5. The molecule has 0 aliphatic rings. The molecule has 0 aliphatic heterocycles. The van der Waals surface area contributed by atoms with Crippen LogP contribution >= 0.6 is 27.5 Å². The Kier molecular flexibility index (Phi) is 5.65. The highest BCUT2D eigenvalue weighted by Gasteiger charge is 2.22. The predicted molar refractivity (Wildman–Crippen MR) is 88.6 cm³/mol. The van der Waals surface area contributed by atoms with Crippen LogP contribution in [0.4, 0.5) is 5.69 Å². The van der Waals surface area contributed by atoms with E-state index in [0.717, 1.165) is 15.7 Å². The van der Waals surface area contributed by atoms with Gasteiger partial charge in [-0.25, -0.2) is 4.79 Å². The fourth-order valence-electron chi connectivity index (χ4n) is 1.90. The Bertz CT molecular complexity index is 619. The third-order valence-electron chi connectivity index (χ3n) is 2.88. The number of nitrogens with one attached hydrogen (secondary N) is 1. The number of hydrogen-bond donors (Lipinski definition) is 1. The van der Waals surface area contributed by atoms with E-state index in [4.69, 9.17) is 16.3 Å². The molecule has 0 heterocycles. The highest BCUT2D eigenvalue weighted by atomic mass is 79.9. The van der Waals surface area contributed by atoms with Crippen molar-refractivity contribution in [3.05, 3.63) is 63.6 Å². The number of benzene rings is 2. The lowest BCUT2D eigenvalue weighted by Gasteiger charge is -2.19. The van der Waals surface area contributed by atoms with Gasteiger partial charge >= 0.3 is 5.97 Å². The molecular weight excluding hydrogens is 354 g/mol. The van der Waals surface area contributed by atoms with Gasteiger partial charge in [0.2, 0.25) is 0 Å². The summed E-state index contributed by atoms with van der Waals surface area (Å²) < 4.78 is 5.93.